The summed E-state index contributed by atoms with van der Waals surface area (Å²) in [5.74, 6) is -2.11. The van der Waals surface area contributed by atoms with Crippen LogP contribution in [0.2, 0.25) is 10.0 Å². The molecule has 156 valence electrons. The molecule has 8 heteroatoms. The highest BCUT2D eigenvalue weighted by molar-refractivity contribution is 6.42. The van der Waals surface area contributed by atoms with E-state index in [1.54, 1.807) is 23.3 Å². The maximum Gasteiger partial charge on any atom is 0.266 e. The molecule has 3 atom stereocenters. The molecule has 0 radical (unpaired) electrons. The Hall–Kier alpha value is -2.93. The predicted octanol–water partition coefficient (Wildman–Crippen LogP) is 5.18. The smallest absolute Gasteiger partial charge is 0.266 e. The van der Waals surface area contributed by atoms with Crippen molar-refractivity contribution in [2.45, 2.75) is 12.1 Å². The maximum absolute atomic E-state index is 13.6. The summed E-state index contributed by atoms with van der Waals surface area (Å²) in [6.07, 6.45) is -1.02. The topological polar surface area (TPSA) is 49.9 Å². The maximum atomic E-state index is 13.6. The Kier molecular flexibility index (Phi) is 4.93. The molecule has 0 aliphatic carbocycles. The lowest BCUT2D eigenvalue weighted by Crippen LogP contribution is -2.37. The number of carbonyl (C=O) groups is 2. The van der Waals surface area contributed by atoms with Crippen LogP contribution in [0, 0.1) is 11.7 Å². The van der Waals surface area contributed by atoms with Gasteiger partial charge in [0.15, 0.2) is 6.10 Å². The van der Waals surface area contributed by atoms with Crippen LogP contribution in [0.15, 0.2) is 72.8 Å². The molecule has 5 nitrogen and oxygen atoms in total. The first-order valence-electron chi connectivity index (χ1n) is 9.55. The Morgan fingerprint density at radius 1 is 0.806 bits per heavy atom. The van der Waals surface area contributed by atoms with Crippen LogP contribution in [0.5, 0.6) is 0 Å². The van der Waals surface area contributed by atoms with Gasteiger partial charge >= 0.3 is 0 Å². The number of para-hydroxylation sites is 1. The highest BCUT2D eigenvalue weighted by Gasteiger charge is 2.60. The zero-order valence-corrected chi connectivity index (χ0v) is 17.4. The van der Waals surface area contributed by atoms with Crippen LogP contribution in [-0.4, -0.2) is 17.9 Å². The number of hydroxylamine groups is 1. The molecule has 3 aromatic carbocycles. The number of imide groups is 1. The molecule has 2 aliphatic heterocycles. The minimum Gasteiger partial charge on any atom is -0.273 e. The van der Waals surface area contributed by atoms with Gasteiger partial charge in [0.2, 0.25) is 5.91 Å². The Morgan fingerprint density at radius 3 is 2.19 bits per heavy atom. The van der Waals surface area contributed by atoms with Gasteiger partial charge in [0.05, 0.1) is 27.5 Å². The Morgan fingerprint density at radius 2 is 1.52 bits per heavy atom. The lowest BCUT2D eigenvalue weighted by Gasteiger charge is -2.28. The number of nitrogens with zero attached hydrogens (tertiary/aromatic N) is 2. The van der Waals surface area contributed by atoms with Crippen molar-refractivity contribution in [2.24, 2.45) is 5.92 Å². The fourth-order valence-corrected chi connectivity index (χ4v) is 4.38. The van der Waals surface area contributed by atoms with Gasteiger partial charge in [0, 0.05) is 0 Å². The monoisotopic (exact) mass is 456 g/mol. The van der Waals surface area contributed by atoms with Gasteiger partial charge in [-0.3, -0.25) is 14.4 Å². The van der Waals surface area contributed by atoms with E-state index in [9.17, 15) is 14.0 Å². The van der Waals surface area contributed by atoms with Gasteiger partial charge < -0.3 is 0 Å². The molecule has 0 bridgehead atoms. The standard InChI is InChI=1S/C23H15Cl2FN2O3/c24-17-11-10-16(12-18(17)25)27-22(29)19-20(13-6-8-14(26)9-7-13)28(31-21(19)23(27)30)15-4-2-1-3-5-15/h1-12,19-21H/t19-,20+,21-/m1/s1. The van der Waals surface area contributed by atoms with Gasteiger partial charge in [0.1, 0.15) is 11.7 Å². The normalized spacial score (nSPS) is 22.9. The molecule has 2 saturated heterocycles. The van der Waals surface area contributed by atoms with Gasteiger partial charge in [-0.1, -0.05) is 53.5 Å². The number of carbonyl (C=O) groups excluding carboxylic acids is 2. The summed E-state index contributed by atoms with van der Waals surface area (Å²) in [4.78, 5) is 33.8. The summed E-state index contributed by atoms with van der Waals surface area (Å²) in [6, 6.07) is 19.0. The molecular formula is C23H15Cl2FN2O3. The minimum atomic E-state index is -1.02. The average Bonchev–Trinajstić information content (AvgIpc) is 3.28. The van der Waals surface area contributed by atoms with Gasteiger partial charge in [-0.25, -0.2) is 14.4 Å². The number of halogens is 3. The van der Waals surface area contributed by atoms with Crippen molar-refractivity contribution in [2.75, 3.05) is 9.96 Å². The molecule has 2 aliphatic rings. The summed E-state index contributed by atoms with van der Waals surface area (Å²) in [6.45, 7) is 0. The largest absolute Gasteiger partial charge is 0.273 e. The summed E-state index contributed by atoms with van der Waals surface area (Å²) in [5, 5.41) is 2.11. The lowest BCUT2D eigenvalue weighted by atomic mass is 9.90. The lowest BCUT2D eigenvalue weighted by molar-refractivity contribution is -0.126. The highest BCUT2D eigenvalue weighted by atomic mass is 35.5. The molecular weight excluding hydrogens is 442 g/mol. The van der Waals surface area contributed by atoms with Crippen LogP contribution in [0.4, 0.5) is 15.8 Å². The van der Waals surface area contributed by atoms with E-state index in [2.05, 4.69) is 0 Å². The van der Waals surface area contributed by atoms with Gasteiger partial charge in [-0.2, -0.15) is 0 Å². The Labute approximate surface area is 187 Å². The van der Waals surface area contributed by atoms with E-state index in [4.69, 9.17) is 28.0 Å². The number of amides is 2. The quantitative estimate of drug-likeness (QED) is 0.509. The van der Waals surface area contributed by atoms with Crippen molar-refractivity contribution < 1.29 is 18.8 Å². The zero-order chi connectivity index (χ0) is 21.7. The number of hydrogen-bond donors (Lipinski definition) is 0. The van der Waals surface area contributed by atoms with Crippen molar-refractivity contribution in [1.82, 2.24) is 0 Å². The summed E-state index contributed by atoms with van der Waals surface area (Å²) in [7, 11) is 0. The second kappa shape index (κ2) is 7.64. The second-order valence-electron chi connectivity index (χ2n) is 7.32. The van der Waals surface area contributed by atoms with Crippen LogP contribution in [0.3, 0.4) is 0 Å². The fourth-order valence-electron chi connectivity index (χ4n) is 4.09. The van der Waals surface area contributed by atoms with E-state index < -0.39 is 35.7 Å². The molecule has 2 amide bonds. The Bertz CT molecular complexity index is 1170. The molecule has 0 spiro atoms. The summed E-state index contributed by atoms with van der Waals surface area (Å²) in [5.41, 5.74) is 1.68. The molecule has 5 rings (SSSR count). The number of rotatable bonds is 3. The molecule has 2 heterocycles. The molecule has 0 N–H and O–H groups in total. The summed E-state index contributed by atoms with van der Waals surface area (Å²) < 4.78 is 13.6. The van der Waals surface area contributed by atoms with E-state index in [-0.39, 0.29) is 5.02 Å². The van der Waals surface area contributed by atoms with Crippen molar-refractivity contribution in [1.29, 1.82) is 0 Å². The molecule has 2 fully saturated rings. The molecule has 0 unspecified atom stereocenters. The van der Waals surface area contributed by atoms with Gasteiger partial charge in [0.25, 0.3) is 5.91 Å². The average molecular weight is 457 g/mol. The SMILES string of the molecule is O=C1[C@H]2[C@@H](ON(c3ccccc3)[C@H]2c2ccc(F)cc2)C(=O)N1c1ccc(Cl)c(Cl)c1. The van der Waals surface area contributed by atoms with Crippen LogP contribution in [0.1, 0.15) is 11.6 Å². The van der Waals surface area contributed by atoms with E-state index in [1.807, 2.05) is 30.3 Å². The third-order valence-corrected chi connectivity index (χ3v) is 6.24. The van der Waals surface area contributed by atoms with Crippen molar-refractivity contribution >= 4 is 46.4 Å². The first-order chi connectivity index (χ1) is 15.0. The fraction of sp³-hybridized carbons (Fsp3) is 0.130. The first-order valence-corrected chi connectivity index (χ1v) is 10.3. The first kappa shape index (κ1) is 20.0. The summed E-state index contributed by atoms with van der Waals surface area (Å²) >= 11 is 12.1. The van der Waals surface area contributed by atoms with Crippen molar-refractivity contribution in [3.05, 3.63) is 94.2 Å². The van der Waals surface area contributed by atoms with Gasteiger partial charge in [-0.05, 0) is 48.0 Å². The van der Waals surface area contributed by atoms with Crippen molar-refractivity contribution in [3.63, 3.8) is 0 Å². The molecule has 3 aromatic rings. The van der Waals surface area contributed by atoms with Crippen LogP contribution in [-0.2, 0) is 14.4 Å². The van der Waals surface area contributed by atoms with E-state index in [0.717, 1.165) is 4.90 Å². The highest BCUT2D eigenvalue weighted by Crippen LogP contribution is 2.47. The third kappa shape index (κ3) is 3.28. The third-order valence-electron chi connectivity index (χ3n) is 5.50. The van der Waals surface area contributed by atoms with E-state index >= 15 is 0 Å². The van der Waals surface area contributed by atoms with Gasteiger partial charge in [-0.15, -0.1) is 0 Å². The minimum absolute atomic E-state index is 0.235. The molecule has 0 saturated carbocycles. The number of anilines is 2. The number of fused-ring (bicyclic) bond motifs is 1. The zero-order valence-electron chi connectivity index (χ0n) is 15.9. The van der Waals surface area contributed by atoms with Crippen molar-refractivity contribution in [3.8, 4) is 0 Å². The Balaban J connectivity index is 1.58. The van der Waals surface area contributed by atoms with E-state index in [1.165, 1.54) is 24.3 Å². The number of hydrogen-bond acceptors (Lipinski definition) is 4. The predicted molar refractivity (Wildman–Crippen MR) is 115 cm³/mol. The van der Waals surface area contributed by atoms with Crippen LogP contribution < -0.4 is 9.96 Å². The second-order valence-corrected chi connectivity index (χ2v) is 8.13. The van der Waals surface area contributed by atoms with E-state index in [0.29, 0.717) is 22.0 Å². The van der Waals surface area contributed by atoms with Crippen LogP contribution >= 0.6 is 23.2 Å². The molecule has 31 heavy (non-hydrogen) atoms. The number of benzene rings is 3. The molecule has 0 aromatic heterocycles. The van der Waals surface area contributed by atoms with Crippen LogP contribution in [0.25, 0.3) is 0 Å².